The van der Waals surface area contributed by atoms with E-state index in [1.165, 1.54) is 140 Å². The van der Waals surface area contributed by atoms with Crippen LogP contribution in [0.2, 0.25) is 0 Å². The van der Waals surface area contributed by atoms with Gasteiger partial charge in [0.15, 0.2) is 0 Å². The molecule has 0 amide bonds. The van der Waals surface area contributed by atoms with Gasteiger partial charge in [-0.15, -0.1) is 0 Å². The molecule has 226 valence electrons. The summed E-state index contributed by atoms with van der Waals surface area (Å²) >= 11 is 17.3. The highest BCUT2D eigenvalue weighted by Crippen LogP contribution is 2.52. The molecule has 6 aliphatic rings. The molecule has 2 heterocycles. The monoisotopic (exact) mass is 592 g/mol. The predicted octanol–water partition coefficient (Wildman–Crippen LogP) is 6.24. The van der Waals surface area contributed by atoms with E-state index in [-0.39, 0.29) is 0 Å². The molecule has 0 aromatic carbocycles. The molecule has 0 bridgehead atoms. The molecular formula is C30H56B2Cl2N6. The van der Waals surface area contributed by atoms with Crippen LogP contribution in [-0.4, -0.2) is 104 Å². The number of guanidine groups is 2. The summed E-state index contributed by atoms with van der Waals surface area (Å²) in [7, 11) is 9.06. The van der Waals surface area contributed by atoms with Crippen molar-refractivity contribution in [3.63, 3.8) is 0 Å². The Hall–Kier alpha value is -0.750. The van der Waals surface area contributed by atoms with Crippen LogP contribution in [-0.2, 0) is 0 Å². The third kappa shape index (κ3) is 4.50. The molecule has 2 atom stereocenters. The van der Waals surface area contributed by atoms with Gasteiger partial charge < -0.3 is 41.5 Å². The Morgan fingerprint density at radius 2 is 0.775 bits per heavy atom. The van der Waals surface area contributed by atoms with Crippen molar-refractivity contribution in [1.29, 1.82) is 0 Å². The third-order valence-corrected chi connectivity index (χ3v) is 13.4. The van der Waals surface area contributed by atoms with E-state index in [9.17, 15) is 0 Å². The lowest BCUT2D eigenvalue weighted by Crippen LogP contribution is -2.76. The molecule has 6 nitrogen and oxygen atoms in total. The summed E-state index contributed by atoms with van der Waals surface area (Å²) in [6.45, 7) is 0. The molecular weight excluding hydrogens is 537 g/mol. The van der Waals surface area contributed by atoms with Gasteiger partial charge in [-0.05, 0) is 51.4 Å². The van der Waals surface area contributed by atoms with Crippen LogP contribution in [0.15, 0.2) is 0 Å². The van der Waals surface area contributed by atoms with Gasteiger partial charge in [0.25, 0.3) is 11.9 Å². The quantitative estimate of drug-likeness (QED) is 0.360. The lowest BCUT2D eigenvalue weighted by Gasteiger charge is -2.53. The fraction of sp³-hybridized carbons (Fsp3) is 0.933. The second-order valence-corrected chi connectivity index (χ2v) is 15.9. The molecule has 0 N–H and O–H groups in total. The van der Waals surface area contributed by atoms with Crippen LogP contribution in [0.5, 0.6) is 0 Å². The van der Waals surface area contributed by atoms with Gasteiger partial charge in [-0.2, -0.15) is 0 Å². The van der Waals surface area contributed by atoms with E-state index in [1.54, 1.807) is 0 Å². The van der Waals surface area contributed by atoms with Crippen LogP contribution in [0.3, 0.4) is 0 Å². The van der Waals surface area contributed by atoms with E-state index in [0.29, 0.717) is 24.2 Å². The van der Waals surface area contributed by atoms with Crippen LogP contribution >= 0.6 is 22.9 Å². The molecule has 4 saturated carbocycles. The van der Waals surface area contributed by atoms with Gasteiger partial charge in [-0.25, -0.2) is 0 Å². The first-order valence-electron chi connectivity index (χ1n) is 17.2. The molecule has 0 aromatic heterocycles. The number of rotatable bonds is 4. The Morgan fingerprint density at radius 3 is 1.05 bits per heavy atom. The second kappa shape index (κ2) is 11.7. The van der Waals surface area contributed by atoms with Crippen molar-refractivity contribution in [1.82, 2.24) is 19.4 Å². The number of fused-ring (bicyclic) bond motifs is 1. The van der Waals surface area contributed by atoms with E-state index < -0.39 is 11.4 Å². The fourth-order valence-electron chi connectivity index (χ4n) is 10.2. The first-order chi connectivity index (χ1) is 19.3. The standard InChI is InChI=1S/C30H56B2Cl2N6/c1-35(2)29-37(25-17-9-5-10-18-25)31(33)32(34,38(29)26-19-11-6-12-20-26)40(28-23-15-8-16-24-28)30(36(3)4)39(31)27-21-13-7-14-22-27/h25-28H,5-24H2,1-4H3/t31-,32+. The Morgan fingerprint density at radius 1 is 0.500 bits per heavy atom. The van der Waals surface area contributed by atoms with Crippen molar-refractivity contribution in [3.8, 4) is 0 Å². The Balaban J connectivity index is 1.62. The van der Waals surface area contributed by atoms with E-state index in [2.05, 4.69) is 56.6 Å². The highest BCUT2D eigenvalue weighted by molar-refractivity contribution is 7.66. The van der Waals surface area contributed by atoms with Crippen molar-refractivity contribution in [2.75, 3.05) is 28.2 Å². The topological polar surface area (TPSA) is 19.0 Å². The van der Waals surface area contributed by atoms with Crippen LogP contribution < -0.4 is 0 Å². The van der Waals surface area contributed by atoms with Gasteiger partial charge in [0.05, 0.1) is 28.2 Å². The Labute approximate surface area is 254 Å². The zero-order valence-electron chi connectivity index (χ0n) is 26.0. The first kappa shape index (κ1) is 29.3. The summed E-state index contributed by atoms with van der Waals surface area (Å²) in [5.74, 6) is 2.67. The minimum atomic E-state index is -1.78. The first-order valence-corrected chi connectivity index (χ1v) is 18.1. The average Bonchev–Trinajstić information content (AvgIpc) is 3.32. The van der Waals surface area contributed by atoms with Gasteiger partial charge in [0.2, 0.25) is 0 Å². The van der Waals surface area contributed by atoms with Crippen LogP contribution in [0.25, 0.3) is 0 Å². The molecule has 4 fully saturated rings. The molecule has 0 spiro atoms. The normalized spacial score (nSPS) is 33.8. The molecule has 0 aromatic rings. The predicted molar refractivity (Wildman–Crippen MR) is 172 cm³/mol. The van der Waals surface area contributed by atoms with Crippen molar-refractivity contribution in [2.45, 2.75) is 153 Å². The van der Waals surface area contributed by atoms with Crippen LogP contribution in [0.4, 0.5) is 0 Å². The third-order valence-electron chi connectivity index (χ3n) is 11.7. The van der Waals surface area contributed by atoms with Gasteiger partial charge in [-0.1, -0.05) is 77.0 Å². The summed E-state index contributed by atoms with van der Waals surface area (Å²) in [6.07, 6.45) is 25.7. The molecule has 0 radical (unpaired) electrons. The lowest BCUT2D eigenvalue weighted by atomic mass is 9.29. The Bertz CT molecular complexity index is 905. The van der Waals surface area contributed by atoms with Crippen molar-refractivity contribution in [2.24, 2.45) is 0 Å². The van der Waals surface area contributed by atoms with Crippen LogP contribution in [0.1, 0.15) is 128 Å². The highest BCUT2D eigenvalue weighted by Gasteiger charge is 2.75. The summed E-state index contributed by atoms with van der Waals surface area (Å²) in [5.41, 5.74) is -3.57. The Kier molecular flexibility index (Phi) is 8.60. The number of halogens is 2. The van der Waals surface area contributed by atoms with E-state index in [1.807, 2.05) is 0 Å². The van der Waals surface area contributed by atoms with Gasteiger partial charge >= 0.3 is 11.4 Å². The summed E-state index contributed by atoms with van der Waals surface area (Å²) in [5, 5.41) is 0. The lowest BCUT2D eigenvalue weighted by molar-refractivity contribution is -0.459. The summed E-state index contributed by atoms with van der Waals surface area (Å²) < 4.78 is 5.56. The zero-order valence-corrected chi connectivity index (χ0v) is 27.6. The van der Waals surface area contributed by atoms with E-state index in [4.69, 9.17) is 22.9 Å². The molecule has 0 unspecified atom stereocenters. The number of hydrogen-bond acceptors (Lipinski definition) is 4. The average molecular weight is 593 g/mol. The van der Waals surface area contributed by atoms with Gasteiger partial charge in [-0.3, -0.25) is 9.80 Å². The van der Waals surface area contributed by atoms with Crippen molar-refractivity contribution < 1.29 is 8.97 Å². The van der Waals surface area contributed by atoms with Crippen molar-refractivity contribution in [3.05, 3.63) is 0 Å². The minimum Gasteiger partial charge on any atom is -0.428 e. The summed E-state index contributed by atoms with van der Waals surface area (Å²) in [4.78, 5) is 10.4. The molecule has 0 saturated heterocycles. The summed E-state index contributed by atoms with van der Waals surface area (Å²) in [6, 6.07) is 1.83. The maximum Gasteiger partial charge on any atom is 0.347 e. The van der Waals surface area contributed by atoms with Crippen molar-refractivity contribution >= 4 is 46.3 Å². The maximum atomic E-state index is 8.65. The highest BCUT2D eigenvalue weighted by atomic mass is 35.5. The number of hydrogen-bond donors (Lipinski definition) is 0. The van der Waals surface area contributed by atoms with Crippen LogP contribution in [0, 0.1) is 0 Å². The molecule has 2 aliphatic heterocycles. The van der Waals surface area contributed by atoms with E-state index in [0.717, 1.165) is 0 Å². The largest absolute Gasteiger partial charge is 0.428 e. The SMILES string of the molecule is CN(C)C1=[N+](C2CCCCC2)[B@@-]2(Cl)N(C3CCCCC3)C(N(C)C)=[N+](C3CCCCC3)[B@@-]2(Cl)N1C1CCCCC1. The second-order valence-electron chi connectivity index (χ2n) is 14.7. The zero-order chi connectivity index (χ0) is 28.1. The van der Waals surface area contributed by atoms with Gasteiger partial charge in [0.1, 0.15) is 0 Å². The maximum absolute atomic E-state index is 8.65. The molecule has 4 aliphatic carbocycles. The van der Waals surface area contributed by atoms with E-state index >= 15 is 0 Å². The van der Waals surface area contributed by atoms with Gasteiger partial charge in [0, 0.05) is 24.2 Å². The molecule has 6 rings (SSSR count). The smallest absolute Gasteiger partial charge is 0.347 e. The fourth-order valence-corrected chi connectivity index (χ4v) is 11.7. The minimum absolute atomic E-state index is 0.457. The molecule has 40 heavy (non-hydrogen) atoms. The molecule has 10 heteroatoms. The number of nitrogens with zero attached hydrogens (tertiary/aromatic N) is 6.